The van der Waals surface area contributed by atoms with Crippen LogP contribution in [0.1, 0.15) is 20.3 Å². The van der Waals surface area contributed by atoms with Gasteiger partial charge in [0.1, 0.15) is 6.54 Å². The van der Waals surface area contributed by atoms with E-state index >= 15 is 0 Å². The van der Waals surface area contributed by atoms with Crippen LogP contribution in [0.25, 0.3) is 0 Å². The van der Waals surface area contributed by atoms with Gasteiger partial charge >= 0.3 is 18.0 Å². The molecule has 0 aliphatic heterocycles. The summed E-state index contributed by atoms with van der Waals surface area (Å²) in [4.78, 5) is 36.1. The second-order valence-electron chi connectivity index (χ2n) is 3.67. The molecule has 0 saturated carbocycles. The molecule has 0 heterocycles. The maximum Gasteiger partial charge on any atom is 0.325 e. The molecule has 0 unspecified atom stereocenters. The Labute approximate surface area is 106 Å². The summed E-state index contributed by atoms with van der Waals surface area (Å²) < 4.78 is 4.73. The lowest BCUT2D eigenvalue weighted by atomic mass is 10.4. The molecule has 0 bridgehead atoms. The van der Waals surface area contributed by atoms with Crippen molar-refractivity contribution in [2.75, 3.05) is 33.3 Å². The van der Waals surface area contributed by atoms with Crippen molar-refractivity contribution < 1.29 is 24.2 Å². The molecular formula is C11H20N2O5. The van der Waals surface area contributed by atoms with Crippen molar-refractivity contribution in [3.8, 4) is 0 Å². The lowest BCUT2D eigenvalue weighted by molar-refractivity contribution is -0.143. The fourth-order valence-corrected chi connectivity index (χ4v) is 1.33. The highest BCUT2D eigenvalue weighted by molar-refractivity contribution is 5.81. The molecule has 2 amide bonds. The first-order chi connectivity index (χ1) is 8.42. The van der Waals surface area contributed by atoms with Crippen molar-refractivity contribution in [1.29, 1.82) is 0 Å². The minimum Gasteiger partial charge on any atom is -0.481 e. The first-order valence-electron chi connectivity index (χ1n) is 5.79. The van der Waals surface area contributed by atoms with E-state index in [4.69, 9.17) is 9.84 Å². The van der Waals surface area contributed by atoms with E-state index in [2.05, 4.69) is 0 Å². The fraction of sp³-hybridized carbons (Fsp3) is 0.727. The van der Waals surface area contributed by atoms with E-state index in [1.807, 2.05) is 0 Å². The summed E-state index contributed by atoms with van der Waals surface area (Å²) in [5.74, 6) is -1.45. The first-order valence-corrected chi connectivity index (χ1v) is 5.79. The zero-order chi connectivity index (χ0) is 14.1. The maximum atomic E-state index is 11.9. The number of rotatable bonds is 7. The van der Waals surface area contributed by atoms with Gasteiger partial charge in [-0.25, -0.2) is 4.79 Å². The summed E-state index contributed by atoms with van der Waals surface area (Å²) in [5.41, 5.74) is 0. The van der Waals surface area contributed by atoms with Crippen molar-refractivity contribution in [2.45, 2.75) is 20.3 Å². The first kappa shape index (κ1) is 16.2. The van der Waals surface area contributed by atoms with E-state index < -0.39 is 11.9 Å². The highest BCUT2D eigenvalue weighted by atomic mass is 16.5. The van der Waals surface area contributed by atoms with Crippen LogP contribution in [0.15, 0.2) is 0 Å². The zero-order valence-electron chi connectivity index (χ0n) is 11.0. The molecule has 0 aromatic rings. The third-order valence-corrected chi connectivity index (χ3v) is 2.25. The molecule has 0 spiro atoms. The average molecular weight is 260 g/mol. The fourth-order valence-electron chi connectivity index (χ4n) is 1.33. The van der Waals surface area contributed by atoms with Crippen molar-refractivity contribution in [1.82, 2.24) is 9.80 Å². The zero-order valence-corrected chi connectivity index (χ0v) is 11.0. The summed E-state index contributed by atoms with van der Waals surface area (Å²) in [7, 11) is 1.47. The van der Waals surface area contributed by atoms with Crippen LogP contribution < -0.4 is 0 Å². The lowest BCUT2D eigenvalue weighted by Crippen LogP contribution is -2.44. The molecule has 0 atom stereocenters. The molecule has 7 nitrogen and oxygen atoms in total. The van der Waals surface area contributed by atoms with Crippen LogP contribution in [0.2, 0.25) is 0 Å². The Bertz CT molecular complexity index is 306. The number of esters is 1. The number of likely N-dealkylation sites (N-methyl/N-ethyl adjacent to an activating group) is 1. The van der Waals surface area contributed by atoms with Gasteiger partial charge in [0, 0.05) is 20.1 Å². The number of urea groups is 1. The molecule has 0 aliphatic carbocycles. The Balaban J connectivity index is 4.30. The maximum absolute atomic E-state index is 11.9. The standard InChI is InChI=1S/C11H20N2O5/c1-4-13(7-6-9(14)15)11(17)12(3)8-10(16)18-5-2/h4-8H2,1-3H3,(H,14,15). The van der Waals surface area contributed by atoms with E-state index in [0.29, 0.717) is 6.54 Å². The van der Waals surface area contributed by atoms with Crippen LogP contribution in [0.5, 0.6) is 0 Å². The number of hydrogen-bond donors (Lipinski definition) is 1. The molecule has 18 heavy (non-hydrogen) atoms. The monoisotopic (exact) mass is 260 g/mol. The predicted molar refractivity (Wildman–Crippen MR) is 64.2 cm³/mol. The summed E-state index contributed by atoms with van der Waals surface area (Å²) in [6, 6.07) is -0.383. The summed E-state index contributed by atoms with van der Waals surface area (Å²) in [5, 5.41) is 8.57. The van der Waals surface area contributed by atoms with Gasteiger partial charge in [-0.3, -0.25) is 9.59 Å². The largest absolute Gasteiger partial charge is 0.481 e. The third-order valence-electron chi connectivity index (χ3n) is 2.25. The summed E-state index contributed by atoms with van der Waals surface area (Å²) in [6.07, 6.45) is -0.118. The molecule has 0 aromatic carbocycles. The topological polar surface area (TPSA) is 87.2 Å². The Hall–Kier alpha value is -1.79. The lowest BCUT2D eigenvalue weighted by Gasteiger charge is -2.26. The molecule has 0 saturated heterocycles. The molecule has 7 heteroatoms. The molecule has 0 rings (SSSR count). The van der Waals surface area contributed by atoms with Crippen LogP contribution in [-0.4, -0.2) is 66.2 Å². The molecule has 0 aliphatic rings. The molecule has 0 radical (unpaired) electrons. The number of ether oxygens (including phenoxy) is 1. The van der Waals surface area contributed by atoms with Gasteiger partial charge in [-0.15, -0.1) is 0 Å². The predicted octanol–water partition coefficient (Wildman–Crippen LogP) is 0.398. The number of carbonyl (C=O) groups excluding carboxylic acids is 2. The SMILES string of the molecule is CCOC(=O)CN(C)C(=O)N(CC)CCC(=O)O. The van der Waals surface area contributed by atoms with Crippen LogP contribution in [0, 0.1) is 0 Å². The number of amides is 2. The number of nitrogens with zero attached hydrogens (tertiary/aromatic N) is 2. The highest BCUT2D eigenvalue weighted by Gasteiger charge is 2.19. The molecule has 0 fully saturated rings. The van der Waals surface area contributed by atoms with Gasteiger partial charge in [0.2, 0.25) is 0 Å². The van der Waals surface area contributed by atoms with Gasteiger partial charge < -0.3 is 19.6 Å². The molecular weight excluding hydrogens is 240 g/mol. The van der Waals surface area contributed by atoms with Crippen molar-refractivity contribution in [2.24, 2.45) is 0 Å². The van der Waals surface area contributed by atoms with Crippen molar-refractivity contribution in [3.05, 3.63) is 0 Å². The smallest absolute Gasteiger partial charge is 0.325 e. The number of hydrogen-bond acceptors (Lipinski definition) is 4. The second kappa shape index (κ2) is 8.32. The van der Waals surface area contributed by atoms with Gasteiger partial charge in [0.15, 0.2) is 0 Å². The summed E-state index contributed by atoms with van der Waals surface area (Å²) in [6.45, 7) is 4.06. The third kappa shape index (κ3) is 6.07. The summed E-state index contributed by atoms with van der Waals surface area (Å²) >= 11 is 0. The van der Waals surface area contributed by atoms with Crippen molar-refractivity contribution in [3.63, 3.8) is 0 Å². The van der Waals surface area contributed by atoms with E-state index in [1.54, 1.807) is 13.8 Å². The molecule has 104 valence electrons. The Morgan fingerprint density at radius 2 is 1.83 bits per heavy atom. The quantitative estimate of drug-likeness (QED) is 0.669. The Morgan fingerprint density at radius 1 is 1.22 bits per heavy atom. The number of carboxylic acids is 1. The minimum atomic E-state index is -0.964. The minimum absolute atomic E-state index is 0.118. The Kier molecular flexibility index (Phi) is 7.50. The highest BCUT2D eigenvalue weighted by Crippen LogP contribution is 1.99. The van der Waals surface area contributed by atoms with Gasteiger partial charge in [0.05, 0.1) is 13.0 Å². The average Bonchev–Trinajstić information content (AvgIpc) is 2.29. The van der Waals surface area contributed by atoms with Gasteiger partial charge in [-0.05, 0) is 13.8 Å². The van der Waals surface area contributed by atoms with Crippen LogP contribution in [-0.2, 0) is 14.3 Å². The van der Waals surface area contributed by atoms with Crippen molar-refractivity contribution >= 4 is 18.0 Å². The molecule has 0 aromatic heterocycles. The van der Waals surface area contributed by atoms with E-state index in [1.165, 1.54) is 16.8 Å². The van der Waals surface area contributed by atoms with E-state index in [9.17, 15) is 14.4 Å². The van der Waals surface area contributed by atoms with Gasteiger partial charge in [-0.1, -0.05) is 0 Å². The number of carboxylic acid groups (broad SMARTS) is 1. The number of carbonyl (C=O) groups is 3. The Morgan fingerprint density at radius 3 is 2.28 bits per heavy atom. The normalized spacial score (nSPS) is 9.72. The second-order valence-corrected chi connectivity index (χ2v) is 3.67. The van der Waals surface area contributed by atoms with Gasteiger partial charge in [0.25, 0.3) is 0 Å². The van der Waals surface area contributed by atoms with E-state index in [0.717, 1.165) is 0 Å². The van der Waals surface area contributed by atoms with Crippen LogP contribution in [0.3, 0.4) is 0 Å². The van der Waals surface area contributed by atoms with Crippen LogP contribution in [0.4, 0.5) is 4.79 Å². The van der Waals surface area contributed by atoms with Gasteiger partial charge in [-0.2, -0.15) is 0 Å². The van der Waals surface area contributed by atoms with Crippen LogP contribution >= 0.6 is 0 Å². The van der Waals surface area contributed by atoms with E-state index in [-0.39, 0.29) is 32.1 Å². The number of aliphatic carboxylic acids is 1. The molecule has 1 N–H and O–H groups in total.